The van der Waals surface area contributed by atoms with Gasteiger partial charge in [0.2, 0.25) is 0 Å². The Morgan fingerprint density at radius 3 is 2.29 bits per heavy atom. The summed E-state index contributed by atoms with van der Waals surface area (Å²) in [5.74, 6) is 0. The molecule has 6 heterocycles. The molecule has 0 aliphatic carbocycles. The van der Waals surface area contributed by atoms with E-state index in [0.717, 1.165) is 12.4 Å². The van der Waals surface area contributed by atoms with Crippen LogP contribution in [0.3, 0.4) is 0 Å². The van der Waals surface area contributed by atoms with E-state index in [1.165, 1.54) is 44.6 Å². The third-order valence-electron chi connectivity index (χ3n) is 9.10. The van der Waals surface area contributed by atoms with E-state index in [1.807, 2.05) is 0 Å². The first-order valence-electron chi connectivity index (χ1n) is 12.6. The van der Waals surface area contributed by atoms with Crippen molar-refractivity contribution in [1.82, 2.24) is 0 Å². The third-order valence-corrected chi connectivity index (χ3v) is 17.6. The molecule has 4 saturated heterocycles. The SMILES string of the molecule is [B]1B2[B-]P12(N=[P+]1B2[B-]B21)c1cccc2c1-c1cccc3c1B2c1ccccc1N3c1ccccc1. The van der Waals surface area contributed by atoms with Crippen molar-refractivity contribution in [2.75, 3.05) is 4.90 Å². The summed E-state index contributed by atoms with van der Waals surface area (Å²) in [4.78, 5) is 2.47. The van der Waals surface area contributed by atoms with E-state index in [-0.39, 0.29) is 14.2 Å². The van der Waals surface area contributed by atoms with Gasteiger partial charge in [-0.1, -0.05) is 0 Å². The molecule has 6 aliphatic heterocycles. The Hall–Kier alpha value is -2.34. The Kier molecular flexibility index (Phi) is 3.13. The summed E-state index contributed by atoms with van der Waals surface area (Å²) < 4.78 is 5.73. The first-order chi connectivity index (χ1) is 17.3. The van der Waals surface area contributed by atoms with Crippen molar-refractivity contribution >= 4 is 98.8 Å². The van der Waals surface area contributed by atoms with Gasteiger partial charge in [-0.15, -0.1) is 0 Å². The normalized spacial score (nSPS) is 22.0. The molecule has 153 valence electrons. The van der Waals surface area contributed by atoms with Gasteiger partial charge in [0, 0.05) is 0 Å². The van der Waals surface area contributed by atoms with E-state index in [0.29, 0.717) is 6.21 Å². The molecular weight excluding hydrogens is 454 g/mol. The van der Waals surface area contributed by atoms with E-state index in [1.54, 1.807) is 5.30 Å². The van der Waals surface area contributed by atoms with E-state index in [9.17, 15) is 0 Å². The van der Waals surface area contributed by atoms with Crippen LogP contribution in [0.5, 0.6) is 0 Å². The van der Waals surface area contributed by atoms with Crippen LogP contribution >= 0.6 is 13.9 Å². The summed E-state index contributed by atoms with van der Waals surface area (Å²) in [7, 11) is 2.42. The zero-order valence-electron chi connectivity index (χ0n) is 19.0. The molecular formula is C24H15B7N2P2-. The van der Waals surface area contributed by atoms with Gasteiger partial charge in [0.25, 0.3) is 0 Å². The second kappa shape index (κ2) is 5.80. The number of fused-ring (bicyclic) bond motifs is 7. The summed E-state index contributed by atoms with van der Waals surface area (Å²) in [5, 5.41) is 1.57. The number of hydrogen-bond donors (Lipinski definition) is 0. The van der Waals surface area contributed by atoms with Gasteiger partial charge < -0.3 is 0 Å². The van der Waals surface area contributed by atoms with Gasteiger partial charge in [0.05, 0.1) is 0 Å². The van der Waals surface area contributed by atoms with Gasteiger partial charge in [-0.3, -0.25) is 0 Å². The van der Waals surface area contributed by atoms with E-state index in [2.05, 4.69) is 117 Å². The van der Waals surface area contributed by atoms with Gasteiger partial charge >= 0.3 is 210 Å². The Labute approximate surface area is 209 Å². The van der Waals surface area contributed by atoms with Crippen molar-refractivity contribution in [3.8, 4) is 11.1 Å². The molecule has 4 aromatic rings. The number of benzene rings is 4. The Balaban J connectivity index is 1.27. The first kappa shape index (κ1) is 18.9. The number of nitrogens with zero attached hydrogens (tertiary/aromatic N) is 2. The molecule has 0 amide bonds. The molecule has 6 aliphatic rings. The molecule has 5 radical (unpaired) electrons. The predicted molar refractivity (Wildman–Crippen MR) is 162 cm³/mol. The fourth-order valence-electron chi connectivity index (χ4n) is 7.02. The molecule has 4 aromatic carbocycles. The Morgan fingerprint density at radius 2 is 1.51 bits per heavy atom. The number of rotatable bonds is 3. The van der Waals surface area contributed by atoms with Crippen LogP contribution in [0, 0.1) is 0 Å². The fraction of sp³-hybridized carbons (Fsp3) is 0. The molecule has 4 fully saturated rings. The van der Waals surface area contributed by atoms with Crippen LogP contribution in [0.2, 0.25) is 0 Å². The summed E-state index contributed by atoms with van der Waals surface area (Å²) in [6.07, 6.45) is 0.155. The molecule has 0 spiro atoms. The van der Waals surface area contributed by atoms with Crippen LogP contribution < -0.4 is 26.6 Å². The van der Waals surface area contributed by atoms with Crippen LogP contribution in [0.15, 0.2) is 95.5 Å². The van der Waals surface area contributed by atoms with Crippen molar-refractivity contribution in [2.24, 2.45) is 4.52 Å². The molecule has 10 rings (SSSR count). The monoisotopic (exact) mass is 470 g/mol. The molecule has 0 N–H and O–H groups in total. The molecule has 0 atom stereocenters. The summed E-state index contributed by atoms with van der Waals surface area (Å²) in [6, 6.07) is 34.0. The van der Waals surface area contributed by atoms with Gasteiger partial charge in [-0.25, -0.2) is 0 Å². The maximum atomic E-state index is 5.73. The van der Waals surface area contributed by atoms with Crippen LogP contribution in [0.1, 0.15) is 0 Å². The average molecular weight is 469 g/mol. The Bertz CT molecular complexity index is 1700. The molecule has 35 heavy (non-hydrogen) atoms. The molecule has 0 unspecified atom stereocenters. The average Bonchev–Trinajstić information content (AvgIpc) is 3.80. The van der Waals surface area contributed by atoms with Gasteiger partial charge in [0.1, 0.15) is 0 Å². The van der Waals surface area contributed by atoms with E-state index >= 15 is 0 Å². The topological polar surface area (TPSA) is 15.6 Å². The van der Waals surface area contributed by atoms with E-state index < -0.39 is 6.39 Å². The minimum absolute atomic E-state index is 0.0761. The van der Waals surface area contributed by atoms with Crippen molar-refractivity contribution in [1.29, 1.82) is 0 Å². The fourth-order valence-corrected chi connectivity index (χ4v) is 16.4. The standard InChI is InChI=1S/C24H15B7N2P2/c1-2-8-16(9-3-1)33-20-13-5-4-11-18(20)28-19-12-7-15-22(23(19)17-10-6-14-21(33)24(17)28)35(26-29(35)27-35)32-34-30-25-31(30)34/h1-15H/q-1. The quantitative estimate of drug-likeness (QED) is 0.288. The van der Waals surface area contributed by atoms with Gasteiger partial charge in [-0.05, 0) is 0 Å². The van der Waals surface area contributed by atoms with Crippen molar-refractivity contribution in [3.63, 3.8) is 0 Å². The Morgan fingerprint density at radius 1 is 0.800 bits per heavy atom. The number of anilines is 3. The molecule has 2 nitrogen and oxygen atoms in total. The summed E-state index contributed by atoms with van der Waals surface area (Å²) in [6.45, 7) is 5.57. The summed E-state index contributed by atoms with van der Waals surface area (Å²) >= 11 is 0. The zero-order chi connectivity index (χ0) is 22.5. The van der Waals surface area contributed by atoms with Gasteiger partial charge in [-0.2, -0.15) is 0 Å². The van der Waals surface area contributed by atoms with E-state index in [4.69, 9.17) is 4.52 Å². The van der Waals surface area contributed by atoms with Crippen LogP contribution in [0.4, 0.5) is 17.1 Å². The molecule has 0 saturated carbocycles. The van der Waals surface area contributed by atoms with Crippen molar-refractivity contribution < 1.29 is 0 Å². The predicted octanol–water partition coefficient (Wildman–Crippen LogP) is 2.76. The second-order valence-corrected chi connectivity index (χ2v) is 17.8. The first-order valence-corrected chi connectivity index (χ1v) is 16.4. The molecule has 0 bridgehead atoms. The number of para-hydroxylation sites is 2. The summed E-state index contributed by atoms with van der Waals surface area (Å²) in [5.41, 5.74) is 11.1. The third kappa shape index (κ3) is 2.12. The van der Waals surface area contributed by atoms with Crippen LogP contribution in [0.25, 0.3) is 11.1 Å². The zero-order valence-corrected chi connectivity index (χ0v) is 20.8. The molecule has 11 heteroatoms. The second-order valence-electron chi connectivity index (χ2n) is 10.9. The van der Waals surface area contributed by atoms with Crippen LogP contribution in [-0.2, 0) is 0 Å². The van der Waals surface area contributed by atoms with Crippen molar-refractivity contribution in [2.45, 2.75) is 0 Å². The number of hydrogen-bond acceptors (Lipinski definition) is 2. The maximum absolute atomic E-state index is 5.73. The van der Waals surface area contributed by atoms with Crippen LogP contribution in [-0.4, -0.2) is 46.2 Å². The molecule has 0 aromatic heterocycles. The van der Waals surface area contributed by atoms with Gasteiger partial charge in [0.15, 0.2) is 0 Å². The minimum atomic E-state index is -2.24. The van der Waals surface area contributed by atoms with Crippen molar-refractivity contribution in [3.05, 3.63) is 91.0 Å².